The number of nitrogens with zero attached hydrogens (tertiary/aromatic N) is 2. The van der Waals surface area contributed by atoms with Crippen molar-refractivity contribution in [1.82, 2.24) is 10.1 Å². The first kappa shape index (κ1) is 29.9. The third-order valence-corrected chi connectivity index (χ3v) is 8.87. The number of nitrogens with one attached hydrogen (secondary N) is 1. The number of carbonyl (C=O) groups excluding carboxylic acids is 1. The van der Waals surface area contributed by atoms with Gasteiger partial charge in [-0.25, -0.2) is 22.5 Å². The Labute approximate surface area is 250 Å². The molecule has 222 valence electrons. The Morgan fingerprint density at radius 3 is 2.49 bits per heavy atom. The Morgan fingerprint density at radius 1 is 1.02 bits per heavy atom. The number of ketones is 1. The van der Waals surface area contributed by atoms with Crippen molar-refractivity contribution in [3.05, 3.63) is 107 Å². The van der Waals surface area contributed by atoms with Crippen molar-refractivity contribution in [2.75, 3.05) is 4.72 Å². The maximum absolute atomic E-state index is 13.6. The molecule has 0 radical (unpaired) electrons. The molecular weight excluding hydrogens is 569 g/mol. The zero-order valence-electron chi connectivity index (χ0n) is 24.1. The molecule has 0 bridgehead atoms. The molecule has 2 heterocycles. The number of oxazole rings is 1. The minimum absolute atomic E-state index is 0.0251. The van der Waals surface area contributed by atoms with Gasteiger partial charge >= 0.3 is 0 Å². The van der Waals surface area contributed by atoms with Crippen LogP contribution in [0.3, 0.4) is 0 Å². The van der Waals surface area contributed by atoms with Gasteiger partial charge in [-0.1, -0.05) is 36.3 Å². The van der Waals surface area contributed by atoms with Crippen LogP contribution in [0, 0.1) is 25.6 Å². The monoisotopic (exact) mass is 601 g/mol. The Balaban J connectivity index is 1.40. The molecule has 0 aliphatic heterocycles. The van der Waals surface area contributed by atoms with Gasteiger partial charge in [0.1, 0.15) is 12.1 Å². The summed E-state index contributed by atoms with van der Waals surface area (Å²) in [4.78, 5) is 17.1. The Morgan fingerprint density at radius 2 is 1.79 bits per heavy atom. The molecule has 43 heavy (non-hydrogen) atoms. The summed E-state index contributed by atoms with van der Waals surface area (Å²) in [7, 11) is -4.02. The lowest BCUT2D eigenvalue weighted by Gasteiger charge is -2.16. The number of hydrogen-bond donors (Lipinski definition) is 1. The fraction of sp³-hybridized carbons (Fsp3) is 0.242. The van der Waals surface area contributed by atoms with E-state index in [-0.39, 0.29) is 28.3 Å². The number of hydrogen-bond acceptors (Lipinski definition) is 7. The minimum Gasteiger partial charge on any atom is -0.445 e. The van der Waals surface area contributed by atoms with E-state index in [0.29, 0.717) is 41.1 Å². The smallest absolute Gasteiger partial charge is 0.264 e. The molecule has 0 fully saturated rings. The van der Waals surface area contributed by atoms with Gasteiger partial charge in [-0.3, -0.25) is 4.79 Å². The van der Waals surface area contributed by atoms with Gasteiger partial charge in [0.15, 0.2) is 5.78 Å². The maximum Gasteiger partial charge on any atom is 0.264 e. The number of aromatic nitrogens is 2. The predicted octanol–water partition coefficient (Wildman–Crippen LogP) is 7.79. The number of sulfonamides is 1. The number of halogens is 1. The van der Waals surface area contributed by atoms with E-state index in [2.05, 4.69) is 14.9 Å². The van der Waals surface area contributed by atoms with Crippen molar-refractivity contribution in [2.45, 2.75) is 51.3 Å². The van der Waals surface area contributed by atoms with E-state index < -0.39 is 10.0 Å². The van der Waals surface area contributed by atoms with Crippen molar-refractivity contribution >= 4 is 21.7 Å². The van der Waals surface area contributed by atoms with Crippen molar-refractivity contribution in [3.8, 4) is 22.6 Å². The van der Waals surface area contributed by atoms with Crippen LogP contribution in [0.25, 0.3) is 22.6 Å². The number of benzene rings is 3. The van der Waals surface area contributed by atoms with E-state index in [9.17, 15) is 17.6 Å². The normalized spacial score (nSPS) is 12.3. The molecular formula is C33H32FN3O5S. The molecule has 0 aliphatic rings. The second-order valence-electron chi connectivity index (χ2n) is 10.7. The molecule has 5 rings (SSSR count). The molecule has 1 atom stereocenters. The first-order chi connectivity index (χ1) is 20.6. The highest BCUT2D eigenvalue weighted by Crippen LogP contribution is 2.35. The molecule has 2 aromatic heterocycles. The third-order valence-electron chi connectivity index (χ3n) is 7.48. The summed E-state index contributed by atoms with van der Waals surface area (Å²) in [6, 6.07) is 18.1. The highest BCUT2D eigenvalue weighted by atomic mass is 32.2. The first-order valence-corrected chi connectivity index (χ1v) is 15.5. The third kappa shape index (κ3) is 6.91. The lowest BCUT2D eigenvalue weighted by molar-refractivity contribution is 0.0962. The van der Waals surface area contributed by atoms with Crippen LogP contribution in [0.15, 0.2) is 93.0 Å². The quantitative estimate of drug-likeness (QED) is 0.145. The second-order valence-corrected chi connectivity index (χ2v) is 12.3. The van der Waals surface area contributed by atoms with Crippen molar-refractivity contribution in [1.29, 1.82) is 0 Å². The van der Waals surface area contributed by atoms with Crippen LogP contribution in [0.2, 0.25) is 0 Å². The number of aryl methyl sites for hydroxylation is 2. The molecule has 1 N–H and O–H groups in total. The van der Waals surface area contributed by atoms with Crippen LogP contribution in [-0.4, -0.2) is 24.3 Å². The standard InChI is InChI=1S/C33H32FN3O5S/c1-21(19-30(38)24-11-14-27(34)15-12-24)7-6-8-25-20-26(33-35-17-18-41-33)13-16-28(25)29-9-4-5-10-31(29)43(39,40)37-32-22(2)23(3)36-42-32/h4-5,9-18,20-21,37H,6-8,19H2,1-3H3/t21-/m1/s1. The van der Waals surface area contributed by atoms with E-state index in [1.165, 1.54) is 30.5 Å². The molecule has 0 saturated carbocycles. The molecule has 0 aliphatic carbocycles. The van der Waals surface area contributed by atoms with Crippen LogP contribution in [0.5, 0.6) is 0 Å². The van der Waals surface area contributed by atoms with Crippen molar-refractivity contribution in [2.24, 2.45) is 5.92 Å². The lowest BCUT2D eigenvalue weighted by atomic mass is 9.91. The number of Topliss-reactive ketones (excluding diaryl/α,β-unsaturated/α-hetero) is 1. The summed E-state index contributed by atoms with van der Waals surface area (Å²) in [6.07, 6.45) is 5.57. The molecule has 5 aromatic rings. The highest BCUT2D eigenvalue weighted by Gasteiger charge is 2.24. The van der Waals surface area contributed by atoms with Gasteiger partial charge in [-0.05, 0) is 92.6 Å². The minimum atomic E-state index is -4.02. The summed E-state index contributed by atoms with van der Waals surface area (Å²) >= 11 is 0. The van der Waals surface area contributed by atoms with Crippen molar-refractivity contribution < 1.29 is 26.5 Å². The maximum atomic E-state index is 13.6. The molecule has 0 unspecified atom stereocenters. The fourth-order valence-corrected chi connectivity index (χ4v) is 6.26. The molecule has 0 spiro atoms. The van der Waals surface area contributed by atoms with Gasteiger partial charge in [0, 0.05) is 28.7 Å². The van der Waals surface area contributed by atoms with E-state index >= 15 is 0 Å². The Hall–Kier alpha value is -4.57. The van der Waals surface area contributed by atoms with Gasteiger partial charge in [-0.2, -0.15) is 0 Å². The van der Waals surface area contributed by atoms with Gasteiger partial charge in [0.2, 0.25) is 11.8 Å². The summed E-state index contributed by atoms with van der Waals surface area (Å²) in [5.74, 6) is 0.241. The summed E-state index contributed by atoms with van der Waals surface area (Å²) in [6.45, 7) is 5.50. The second kappa shape index (κ2) is 12.7. The van der Waals surface area contributed by atoms with Crippen LogP contribution >= 0.6 is 0 Å². The molecule has 10 heteroatoms. The van der Waals surface area contributed by atoms with Crippen LogP contribution < -0.4 is 4.72 Å². The zero-order valence-corrected chi connectivity index (χ0v) is 24.9. The zero-order chi connectivity index (χ0) is 30.6. The highest BCUT2D eigenvalue weighted by molar-refractivity contribution is 7.92. The van der Waals surface area contributed by atoms with E-state index in [4.69, 9.17) is 8.94 Å². The largest absolute Gasteiger partial charge is 0.445 e. The number of rotatable bonds is 12. The van der Waals surface area contributed by atoms with Crippen LogP contribution in [0.4, 0.5) is 10.3 Å². The molecule has 0 amide bonds. The Bertz CT molecular complexity index is 1830. The van der Waals surface area contributed by atoms with Gasteiger partial charge < -0.3 is 8.94 Å². The SMILES string of the molecule is Cc1noc(NS(=O)(=O)c2ccccc2-c2ccc(-c3ncco3)cc2CCC[C@@H](C)CC(=O)c2ccc(F)cc2)c1C. The average Bonchev–Trinajstić information content (AvgIpc) is 3.64. The summed E-state index contributed by atoms with van der Waals surface area (Å²) in [5.41, 5.74) is 4.70. The summed E-state index contributed by atoms with van der Waals surface area (Å²) in [5, 5.41) is 3.86. The fourth-order valence-electron chi connectivity index (χ4n) is 4.99. The lowest BCUT2D eigenvalue weighted by Crippen LogP contribution is -2.14. The van der Waals surface area contributed by atoms with Gasteiger partial charge in [0.05, 0.1) is 16.8 Å². The van der Waals surface area contributed by atoms with E-state index in [1.54, 1.807) is 44.3 Å². The van der Waals surface area contributed by atoms with Gasteiger partial charge in [0.25, 0.3) is 10.0 Å². The topological polar surface area (TPSA) is 115 Å². The Kier molecular flexibility index (Phi) is 8.86. The summed E-state index contributed by atoms with van der Waals surface area (Å²) < 4.78 is 53.7. The number of anilines is 1. The molecule has 0 saturated heterocycles. The van der Waals surface area contributed by atoms with E-state index in [1.807, 2.05) is 25.1 Å². The first-order valence-electron chi connectivity index (χ1n) is 14.0. The average molecular weight is 602 g/mol. The van der Waals surface area contributed by atoms with Crippen LogP contribution in [0.1, 0.15) is 53.4 Å². The van der Waals surface area contributed by atoms with E-state index in [0.717, 1.165) is 29.5 Å². The molecule has 3 aromatic carbocycles. The molecule has 8 nitrogen and oxygen atoms in total. The van der Waals surface area contributed by atoms with Gasteiger partial charge in [-0.15, -0.1) is 0 Å². The number of carbonyl (C=O) groups is 1. The van der Waals surface area contributed by atoms with Crippen LogP contribution in [-0.2, 0) is 16.4 Å². The predicted molar refractivity (Wildman–Crippen MR) is 162 cm³/mol. The van der Waals surface area contributed by atoms with Crippen molar-refractivity contribution in [3.63, 3.8) is 0 Å².